The fraction of sp³-hybridized carbons (Fsp3) is 0.0500. The lowest BCUT2D eigenvalue weighted by Crippen LogP contribution is -2.12. The summed E-state index contributed by atoms with van der Waals surface area (Å²) >= 11 is 3.87. The first-order valence-electron chi connectivity index (χ1n) is 7.96. The van der Waals surface area contributed by atoms with Crippen molar-refractivity contribution in [1.29, 1.82) is 0 Å². The fourth-order valence-corrected chi connectivity index (χ4v) is 2.76. The molecule has 2 aromatic carbocycles. The van der Waals surface area contributed by atoms with Crippen LogP contribution < -0.4 is 11.1 Å². The van der Waals surface area contributed by atoms with E-state index in [1.54, 1.807) is 54.9 Å². The monoisotopic (exact) mass is 363 g/mol. The zero-order valence-corrected chi connectivity index (χ0v) is 14.7. The molecular formula is C20H17N3O2S. The highest BCUT2D eigenvalue weighted by Gasteiger charge is 2.12. The lowest BCUT2D eigenvalue weighted by molar-refractivity contribution is 0.102. The molecule has 0 unspecified atom stereocenters. The van der Waals surface area contributed by atoms with Gasteiger partial charge in [-0.25, -0.2) is 0 Å². The van der Waals surface area contributed by atoms with Crippen LogP contribution in [0.15, 0.2) is 67.0 Å². The number of hydrogen-bond donors (Lipinski definition) is 3. The number of benzene rings is 2. The first kappa shape index (κ1) is 17.8. The third-order valence-corrected chi connectivity index (χ3v) is 4.21. The maximum atomic E-state index is 12.5. The van der Waals surface area contributed by atoms with Crippen LogP contribution in [0, 0.1) is 0 Å². The normalized spacial score (nSPS) is 10.4. The zero-order valence-electron chi connectivity index (χ0n) is 13.8. The predicted octanol–water partition coefficient (Wildman–Crippen LogP) is 3.53. The summed E-state index contributed by atoms with van der Waals surface area (Å²) in [6, 6.07) is 15.9. The van der Waals surface area contributed by atoms with Crippen LogP contribution >= 0.6 is 12.6 Å². The topological polar surface area (TPSA) is 85.1 Å². The third-order valence-electron chi connectivity index (χ3n) is 3.95. The number of pyridine rings is 1. The van der Waals surface area contributed by atoms with E-state index < -0.39 is 0 Å². The summed E-state index contributed by atoms with van der Waals surface area (Å²) in [6.07, 6.45) is 3.22. The summed E-state index contributed by atoms with van der Waals surface area (Å²) in [5.74, 6) is -0.234. The molecule has 0 spiro atoms. The van der Waals surface area contributed by atoms with Gasteiger partial charge in [-0.1, -0.05) is 24.3 Å². The van der Waals surface area contributed by atoms with Gasteiger partial charge in [0.05, 0.1) is 0 Å². The van der Waals surface area contributed by atoms with Gasteiger partial charge in [0.1, 0.15) is 0 Å². The third kappa shape index (κ3) is 3.99. The number of amides is 1. The van der Waals surface area contributed by atoms with E-state index in [0.717, 1.165) is 16.7 Å². The van der Waals surface area contributed by atoms with Crippen LogP contribution in [0.2, 0.25) is 0 Å². The van der Waals surface area contributed by atoms with E-state index in [9.17, 15) is 9.59 Å². The van der Waals surface area contributed by atoms with Gasteiger partial charge in [0.15, 0.2) is 0 Å². The molecule has 1 amide bonds. The van der Waals surface area contributed by atoms with Gasteiger partial charge in [-0.3, -0.25) is 14.6 Å². The minimum Gasteiger partial charge on any atom is -0.326 e. The summed E-state index contributed by atoms with van der Waals surface area (Å²) in [5, 5.41) is 2.52. The molecule has 0 fully saturated rings. The fourth-order valence-electron chi connectivity index (χ4n) is 2.62. The van der Waals surface area contributed by atoms with Crippen molar-refractivity contribution in [1.82, 2.24) is 4.98 Å². The summed E-state index contributed by atoms with van der Waals surface area (Å²) < 4.78 is 0. The number of rotatable bonds is 5. The first-order chi connectivity index (χ1) is 12.6. The van der Waals surface area contributed by atoms with Crippen molar-refractivity contribution in [3.8, 4) is 11.1 Å². The maximum Gasteiger partial charge on any atom is 0.255 e. The number of nitrogens with zero attached hydrogens (tertiary/aromatic N) is 1. The Morgan fingerprint density at radius 1 is 1.00 bits per heavy atom. The maximum absolute atomic E-state index is 12.5. The van der Waals surface area contributed by atoms with Crippen molar-refractivity contribution in [2.75, 3.05) is 5.32 Å². The number of nitrogens with one attached hydrogen (secondary N) is 1. The Kier molecular flexibility index (Phi) is 5.46. The second kappa shape index (κ2) is 7.95. The molecule has 0 aliphatic rings. The van der Waals surface area contributed by atoms with Crippen LogP contribution in [-0.2, 0) is 6.54 Å². The van der Waals surface area contributed by atoms with Gasteiger partial charge < -0.3 is 11.1 Å². The van der Waals surface area contributed by atoms with Crippen LogP contribution in [-0.4, -0.2) is 16.0 Å². The number of carbonyl (C=O) groups is 2. The SMILES string of the molecule is NCc1ccc(C(=O)Nc2ccncc2)cc1-c1cccc(C(=O)S)c1. The molecule has 1 heterocycles. The highest BCUT2D eigenvalue weighted by molar-refractivity contribution is 7.97. The molecule has 0 saturated heterocycles. The highest BCUT2D eigenvalue weighted by Crippen LogP contribution is 2.27. The predicted molar refractivity (Wildman–Crippen MR) is 105 cm³/mol. The minimum atomic E-state index is -0.312. The van der Waals surface area contributed by atoms with E-state index in [4.69, 9.17) is 5.73 Å². The summed E-state index contributed by atoms with van der Waals surface area (Å²) in [5.41, 5.74) is 10.00. The van der Waals surface area contributed by atoms with Gasteiger partial charge in [-0.15, -0.1) is 12.6 Å². The van der Waals surface area contributed by atoms with E-state index in [-0.39, 0.29) is 11.0 Å². The van der Waals surface area contributed by atoms with Crippen LogP contribution in [0.1, 0.15) is 26.3 Å². The molecule has 0 aliphatic heterocycles. The van der Waals surface area contributed by atoms with E-state index in [1.165, 1.54) is 0 Å². The molecule has 3 N–H and O–H groups in total. The van der Waals surface area contributed by atoms with Crippen LogP contribution in [0.25, 0.3) is 11.1 Å². The Morgan fingerprint density at radius 2 is 1.77 bits per heavy atom. The largest absolute Gasteiger partial charge is 0.326 e. The van der Waals surface area contributed by atoms with Crippen molar-refractivity contribution in [2.24, 2.45) is 5.73 Å². The Labute approximate surface area is 156 Å². The van der Waals surface area contributed by atoms with Gasteiger partial charge in [-0.05, 0) is 47.0 Å². The van der Waals surface area contributed by atoms with E-state index in [2.05, 4.69) is 22.9 Å². The molecule has 26 heavy (non-hydrogen) atoms. The Bertz CT molecular complexity index is 958. The molecular weight excluding hydrogens is 346 g/mol. The second-order valence-corrected chi connectivity index (χ2v) is 6.06. The van der Waals surface area contributed by atoms with Gasteiger partial charge in [0.25, 0.3) is 5.91 Å². The summed E-state index contributed by atoms with van der Waals surface area (Å²) in [4.78, 5) is 28.0. The van der Waals surface area contributed by atoms with Gasteiger partial charge in [-0.2, -0.15) is 0 Å². The van der Waals surface area contributed by atoms with Crippen LogP contribution in [0.5, 0.6) is 0 Å². The van der Waals surface area contributed by atoms with Gasteiger partial charge >= 0.3 is 0 Å². The molecule has 0 aliphatic carbocycles. The molecule has 130 valence electrons. The van der Waals surface area contributed by atoms with E-state index in [1.807, 2.05) is 12.1 Å². The summed E-state index contributed by atoms with van der Waals surface area (Å²) in [6.45, 7) is 0.320. The Balaban J connectivity index is 1.98. The van der Waals surface area contributed by atoms with Crippen molar-refractivity contribution < 1.29 is 9.59 Å². The molecule has 0 atom stereocenters. The lowest BCUT2D eigenvalue weighted by Gasteiger charge is -2.12. The number of aromatic nitrogens is 1. The molecule has 0 saturated carbocycles. The van der Waals surface area contributed by atoms with Crippen molar-refractivity contribution >= 4 is 29.3 Å². The van der Waals surface area contributed by atoms with Crippen molar-refractivity contribution in [2.45, 2.75) is 6.54 Å². The van der Waals surface area contributed by atoms with Crippen molar-refractivity contribution in [3.63, 3.8) is 0 Å². The van der Waals surface area contributed by atoms with Gasteiger partial charge in [0.2, 0.25) is 5.12 Å². The second-order valence-electron chi connectivity index (χ2n) is 5.65. The average molecular weight is 363 g/mol. The Morgan fingerprint density at radius 3 is 2.46 bits per heavy atom. The van der Waals surface area contributed by atoms with E-state index in [0.29, 0.717) is 23.4 Å². The highest BCUT2D eigenvalue weighted by atomic mass is 32.1. The smallest absolute Gasteiger partial charge is 0.255 e. The number of anilines is 1. The standard InChI is InChI=1S/C20H17N3O2S/c21-12-16-5-4-14(19(24)23-17-6-8-22-9-7-17)11-18(16)13-2-1-3-15(10-13)20(25)26/h1-11H,12,21H2,(H,25,26)(H,22,23,24). The van der Waals surface area contributed by atoms with Crippen LogP contribution in [0.3, 0.4) is 0 Å². The van der Waals surface area contributed by atoms with Gasteiger partial charge in [0, 0.05) is 35.8 Å². The summed E-state index contributed by atoms with van der Waals surface area (Å²) in [7, 11) is 0. The molecule has 6 heteroatoms. The molecule has 3 rings (SSSR count). The van der Waals surface area contributed by atoms with Crippen molar-refractivity contribution in [3.05, 3.63) is 83.7 Å². The molecule has 1 aromatic heterocycles. The number of carbonyl (C=O) groups excluding carboxylic acids is 2. The molecule has 0 radical (unpaired) electrons. The molecule has 5 nitrogen and oxygen atoms in total. The van der Waals surface area contributed by atoms with Crippen LogP contribution in [0.4, 0.5) is 5.69 Å². The minimum absolute atomic E-state index is 0.234. The number of nitrogens with two attached hydrogens (primary N) is 1. The molecule has 3 aromatic rings. The quantitative estimate of drug-likeness (QED) is 0.606. The zero-order chi connectivity index (χ0) is 18.5. The number of hydrogen-bond acceptors (Lipinski definition) is 4. The molecule has 0 bridgehead atoms. The Hall–Kier alpha value is -2.96. The lowest BCUT2D eigenvalue weighted by atomic mass is 9.96. The van der Waals surface area contributed by atoms with E-state index >= 15 is 0 Å². The first-order valence-corrected chi connectivity index (χ1v) is 8.41. The number of thiol groups is 1. The average Bonchev–Trinajstić information content (AvgIpc) is 2.68.